The standard InChI is InChI=1S/C30H25ClN2O6S/c1-30-25(28(35)37-3)26(21-9-4-5-10-23(21)39-30)33-27(34)24(40-29(33)32-30)14-17-11-12-22(36-2)18(13-17)16-38-20-8-6-7-19(31)15-20/h4-15,25-26H,16H2,1-3H3. The van der Waals surface area contributed by atoms with Crippen LogP contribution in [0.1, 0.15) is 29.7 Å². The predicted molar refractivity (Wildman–Crippen MR) is 151 cm³/mol. The molecule has 0 N–H and O–H groups in total. The highest BCUT2D eigenvalue weighted by molar-refractivity contribution is 7.07. The molecule has 0 saturated carbocycles. The monoisotopic (exact) mass is 576 g/mol. The van der Waals surface area contributed by atoms with Gasteiger partial charge in [0, 0.05) is 16.1 Å². The number of carbonyl (C=O) groups is 1. The molecule has 0 aliphatic carbocycles. The third-order valence-corrected chi connectivity index (χ3v) is 8.35. The third-order valence-electron chi connectivity index (χ3n) is 7.13. The summed E-state index contributed by atoms with van der Waals surface area (Å²) < 4.78 is 24.9. The Labute approximate surface area is 238 Å². The maximum absolute atomic E-state index is 13.9. The Morgan fingerprint density at radius 2 is 1.98 bits per heavy atom. The van der Waals surface area contributed by atoms with Crippen LogP contribution < -0.4 is 29.1 Å². The molecule has 3 heterocycles. The van der Waals surface area contributed by atoms with Crippen molar-refractivity contribution in [2.75, 3.05) is 14.2 Å². The molecule has 2 bridgehead atoms. The summed E-state index contributed by atoms with van der Waals surface area (Å²) >= 11 is 7.34. The van der Waals surface area contributed by atoms with Gasteiger partial charge in [-0.25, -0.2) is 4.99 Å². The Kier molecular flexibility index (Phi) is 6.64. The van der Waals surface area contributed by atoms with E-state index in [0.29, 0.717) is 31.6 Å². The third kappa shape index (κ3) is 4.45. The fourth-order valence-electron chi connectivity index (χ4n) is 5.30. The smallest absolute Gasteiger partial charge is 0.317 e. The van der Waals surface area contributed by atoms with E-state index >= 15 is 0 Å². The van der Waals surface area contributed by atoms with Gasteiger partial charge < -0.3 is 18.9 Å². The van der Waals surface area contributed by atoms with E-state index in [1.165, 1.54) is 18.4 Å². The molecule has 3 unspecified atom stereocenters. The largest absolute Gasteiger partial charge is 0.496 e. The second-order valence-corrected chi connectivity index (χ2v) is 11.1. The summed E-state index contributed by atoms with van der Waals surface area (Å²) in [6.07, 6.45) is 1.81. The normalized spacial score (nSPS) is 20.9. The summed E-state index contributed by atoms with van der Waals surface area (Å²) in [7, 11) is 2.93. The maximum atomic E-state index is 13.9. The molecule has 3 aromatic carbocycles. The van der Waals surface area contributed by atoms with Crippen molar-refractivity contribution in [3.05, 3.63) is 108 Å². The fraction of sp³-hybridized carbons (Fsp3) is 0.233. The summed E-state index contributed by atoms with van der Waals surface area (Å²) in [6, 6.07) is 19.6. The van der Waals surface area contributed by atoms with Crippen LogP contribution in [0.25, 0.3) is 6.08 Å². The first kappa shape index (κ1) is 26.2. The topological polar surface area (TPSA) is 88.4 Å². The predicted octanol–water partition coefficient (Wildman–Crippen LogP) is 4.10. The highest BCUT2D eigenvalue weighted by atomic mass is 35.5. The zero-order valence-electron chi connectivity index (χ0n) is 21.9. The van der Waals surface area contributed by atoms with E-state index < -0.39 is 23.7 Å². The summed E-state index contributed by atoms with van der Waals surface area (Å²) in [6.45, 7) is 2.00. The van der Waals surface area contributed by atoms with Gasteiger partial charge >= 0.3 is 5.97 Å². The molecule has 1 aromatic heterocycles. The van der Waals surface area contributed by atoms with Gasteiger partial charge in [-0.1, -0.05) is 53.3 Å². The number of ether oxygens (including phenoxy) is 4. The van der Waals surface area contributed by atoms with Crippen LogP contribution in [-0.2, 0) is 16.1 Å². The second-order valence-electron chi connectivity index (χ2n) is 9.64. The summed E-state index contributed by atoms with van der Waals surface area (Å²) in [5.41, 5.74) is 0.874. The van der Waals surface area contributed by atoms with Gasteiger partial charge in [-0.2, -0.15) is 0 Å². The average molecular weight is 577 g/mol. The Morgan fingerprint density at radius 3 is 2.75 bits per heavy atom. The molecule has 8 nitrogen and oxygen atoms in total. The second kappa shape index (κ2) is 10.1. The van der Waals surface area contributed by atoms with Gasteiger partial charge in [0.1, 0.15) is 29.8 Å². The number of rotatable bonds is 6. The van der Waals surface area contributed by atoms with E-state index in [2.05, 4.69) is 0 Å². The lowest BCUT2D eigenvalue weighted by atomic mass is 9.81. The van der Waals surface area contributed by atoms with Crippen LogP contribution in [0.5, 0.6) is 17.2 Å². The Morgan fingerprint density at radius 1 is 1.15 bits per heavy atom. The van der Waals surface area contributed by atoms with E-state index in [4.69, 9.17) is 35.5 Å². The number of methoxy groups -OCH3 is 2. The number of fused-ring (bicyclic) bond motifs is 6. The number of hydrogen-bond acceptors (Lipinski definition) is 8. The molecule has 0 saturated heterocycles. The van der Waals surface area contributed by atoms with E-state index in [0.717, 1.165) is 16.7 Å². The van der Waals surface area contributed by atoms with Crippen molar-refractivity contribution in [2.45, 2.75) is 25.3 Å². The Balaban J connectivity index is 1.44. The molecule has 6 rings (SSSR count). The Hall–Kier alpha value is -4.08. The lowest BCUT2D eigenvalue weighted by Gasteiger charge is -2.44. The minimum atomic E-state index is -1.22. The number of aromatic nitrogens is 1. The lowest BCUT2D eigenvalue weighted by Crippen LogP contribution is -2.58. The molecular weight excluding hydrogens is 552 g/mol. The average Bonchev–Trinajstić information content (AvgIpc) is 3.24. The molecule has 0 radical (unpaired) electrons. The highest BCUT2D eigenvalue weighted by Gasteiger charge is 2.55. The molecule has 3 atom stereocenters. The fourth-order valence-corrected chi connectivity index (χ4v) is 6.58. The molecule has 204 valence electrons. The van der Waals surface area contributed by atoms with Gasteiger partial charge in [-0.3, -0.25) is 14.2 Å². The molecule has 10 heteroatoms. The number of halogens is 1. The molecule has 0 amide bonds. The van der Waals surface area contributed by atoms with Crippen LogP contribution in [0.2, 0.25) is 5.02 Å². The van der Waals surface area contributed by atoms with Gasteiger partial charge in [0.15, 0.2) is 4.80 Å². The number of hydrogen-bond donors (Lipinski definition) is 0. The summed E-state index contributed by atoms with van der Waals surface area (Å²) in [5, 5.41) is 0.583. The summed E-state index contributed by atoms with van der Waals surface area (Å²) in [4.78, 5) is 32.1. The molecule has 4 aromatic rings. The van der Waals surface area contributed by atoms with Gasteiger partial charge in [-0.05, 0) is 55.0 Å². The van der Waals surface area contributed by atoms with E-state index in [1.54, 1.807) is 30.7 Å². The quantitative estimate of drug-likeness (QED) is 0.321. The first-order valence-corrected chi connectivity index (χ1v) is 13.7. The zero-order chi connectivity index (χ0) is 28.0. The van der Waals surface area contributed by atoms with Crippen molar-refractivity contribution in [3.8, 4) is 17.2 Å². The number of benzene rings is 3. The SMILES string of the molecule is COC(=O)C1C2c3ccccc3OC1(C)N=c1sc(=Cc3ccc(OC)c(COc4cccc(Cl)c4)c3)c(=O)n12. The number of thiazole rings is 1. The van der Waals surface area contributed by atoms with E-state index in [9.17, 15) is 9.59 Å². The number of carbonyl (C=O) groups excluding carboxylic acids is 1. The minimum absolute atomic E-state index is 0.242. The van der Waals surface area contributed by atoms with Crippen LogP contribution in [0.3, 0.4) is 0 Å². The van der Waals surface area contributed by atoms with Crippen LogP contribution in [0.15, 0.2) is 76.5 Å². The zero-order valence-corrected chi connectivity index (χ0v) is 23.5. The molecule has 2 aliphatic rings. The van der Waals surface area contributed by atoms with Gasteiger partial charge in [0.2, 0.25) is 5.72 Å². The van der Waals surface area contributed by atoms with Gasteiger partial charge in [0.05, 0.1) is 24.8 Å². The minimum Gasteiger partial charge on any atom is -0.496 e. The number of esters is 1. The molecule has 0 spiro atoms. The first-order valence-electron chi connectivity index (χ1n) is 12.6. The Bertz CT molecular complexity index is 1820. The van der Waals surface area contributed by atoms with Crippen molar-refractivity contribution in [1.82, 2.24) is 4.57 Å². The molecule has 2 aliphatic heterocycles. The molecule has 40 heavy (non-hydrogen) atoms. The van der Waals surface area contributed by atoms with Gasteiger partial charge in [0.25, 0.3) is 5.56 Å². The van der Waals surface area contributed by atoms with Crippen molar-refractivity contribution in [1.29, 1.82) is 0 Å². The molecule has 0 fully saturated rings. The van der Waals surface area contributed by atoms with E-state index in [-0.39, 0.29) is 12.2 Å². The van der Waals surface area contributed by atoms with Crippen molar-refractivity contribution in [3.63, 3.8) is 0 Å². The maximum Gasteiger partial charge on any atom is 0.317 e. The van der Waals surface area contributed by atoms with E-state index in [1.807, 2.05) is 60.7 Å². The highest BCUT2D eigenvalue weighted by Crippen LogP contribution is 2.47. The van der Waals surface area contributed by atoms with Gasteiger partial charge in [-0.15, -0.1) is 0 Å². The molecular formula is C30H25ClN2O6S. The van der Waals surface area contributed by atoms with Crippen LogP contribution in [0.4, 0.5) is 0 Å². The van der Waals surface area contributed by atoms with Crippen LogP contribution >= 0.6 is 22.9 Å². The van der Waals surface area contributed by atoms with Crippen LogP contribution in [0, 0.1) is 5.92 Å². The number of para-hydroxylation sites is 1. The van der Waals surface area contributed by atoms with Crippen molar-refractivity contribution in [2.24, 2.45) is 10.9 Å². The lowest BCUT2D eigenvalue weighted by molar-refractivity contribution is -0.158. The van der Waals surface area contributed by atoms with Crippen molar-refractivity contribution >= 4 is 35.0 Å². The number of nitrogens with zero attached hydrogens (tertiary/aromatic N) is 2. The van der Waals surface area contributed by atoms with Crippen molar-refractivity contribution < 1.29 is 23.7 Å². The van der Waals surface area contributed by atoms with Crippen LogP contribution in [-0.4, -0.2) is 30.5 Å². The summed E-state index contributed by atoms with van der Waals surface area (Å²) in [5.74, 6) is 0.577. The first-order chi connectivity index (χ1) is 19.3.